The number of hydrogen-bond donors (Lipinski definition) is 2. The number of nitrogens with one attached hydrogen (secondary N) is 2. The number of benzene rings is 1. The fourth-order valence-corrected chi connectivity index (χ4v) is 2.09. The molecule has 1 aromatic rings. The summed E-state index contributed by atoms with van der Waals surface area (Å²) in [5.74, 6) is 3.25. The molecule has 2 atom stereocenters. The fourth-order valence-electron chi connectivity index (χ4n) is 2.09. The number of terminal acetylenes is 1. The van der Waals surface area contributed by atoms with Crippen molar-refractivity contribution in [2.24, 2.45) is 4.99 Å². The van der Waals surface area contributed by atoms with Gasteiger partial charge in [-0.3, -0.25) is 0 Å². The van der Waals surface area contributed by atoms with Gasteiger partial charge < -0.3 is 10.6 Å². The maximum absolute atomic E-state index is 13.6. The van der Waals surface area contributed by atoms with Crippen LogP contribution in [-0.4, -0.2) is 25.1 Å². The number of halogens is 1. The van der Waals surface area contributed by atoms with Crippen molar-refractivity contribution in [1.29, 1.82) is 0 Å². The van der Waals surface area contributed by atoms with Crippen LogP contribution in [0.1, 0.15) is 24.8 Å². The van der Waals surface area contributed by atoms with Crippen molar-refractivity contribution in [2.75, 3.05) is 13.1 Å². The van der Waals surface area contributed by atoms with Crippen molar-refractivity contribution >= 4 is 5.96 Å². The fraction of sp³-hybridized carbons (Fsp3) is 0.400. The van der Waals surface area contributed by atoms with E-state index in [0.717, 1.165) is 18.5 Å². The predicted molar refractivity (Wildman–Crippen MR) is 75.5 cm³/mol. The topological polar surface area (TPSA) is 36.4 Å². The molecule has 2 N–H and O–H groups in total. The van der Waals surface area contributed by atoms with Crippen LogP contribution in [0, 0.1) is 18.2 Å². The number of hydrogen-bond acceptors (Lipinski definition) is 1. The first kappa shape index (κ1) is 13.4. The molecule has 100 valence electrons. The van der Waals surface area contributed by atoms with E-state index < -0.39 is 0 Å². The molecule has 0 aliphatic heterocycles. The Hall–Kier alpha value is -2.02. The summed E-state index contributed by atoms with van der Waals surface area (Å²) >= 11 is 0. The molecule has 4 heteroatoms. The lowest BCUT2D eigenvalue weighted by Gasteiger charge is -2.10. The molecule has 1 aliphatic carbocycles. The molecular weight excluding hydrogens is 241 g/mol. The average molecular weight is 259 g/mol. The van der Waals surface area contributed by atoms with Crippen molar-refractivity contribution in [3.8, 4) is 12.3 Å². The highest BCUT2D eigenvalue weighted by Gasteiger charge is 2.40. The largest absolute Gasteiger partial charge is 0.357 e. The molecule has 3 nitrogen and oxygen atoms in total. The van der Waals surface area contributed by atoms with E-state index in [0.29, 0.717) is 12.5 Å². The summed E-state index contributed by atoms with van der Waals surface area (Å²) < 4.78 is 13.6. The lowest BCUT2D eigenvalue weighted by atomic mass is 10.1. The van der Waals surface area contributed by atoms with Gasteiger partial charge in [0.05, 0.1) is 0 Å². The third-order valence-electron chi connectivity index (χ3n) is 3.09. The zero-order valence-electron chi connectivity index (χ0n) is 11.0. The van der Waals surface area contributed by atoms with Crippen LogP contribution >= 0.6 is 0 Å². The van der Waals surface area contributed by atoms with Crippen LogP contribution in [0.3, 0.4) is 0 Å². The summed E-state index contributed by atoms with van der Waals surface area (Å²) in [6.07, 6.45) is 6.11. The standard InChI is InChI=1S/C15H18FN3/c1-3-9-18-15(17-4-2)19-14-10-12(14)11-7-5-6-8-13(11)16/h1,5-8,12,14H,4,9-10H2,2H3,(H2,17,18,19). The second-order valence-corrected chi connectivity index (χ2v) is 4.51. The summed E-state index contributed by atoms with van der Waals surface area (Å²) in [6, 6.07) is 7.15. The van der Waals surface area contributed by atoms with Gasteiger partial charge in [0.2, 0.25) is 0 Å². The molecule has 0 saturated heterocycles. The molecule has 0 amide bonds. The number of guanidine groups is 1. The molecule has 19 heavy (non-hydrogen) atoms. The third kappa shape index (κ3) is 3.47. The van der Waals surface area contributed by atoms with Gasteiger partial charge >= 0.3 is 0 Å². The molecule has 2 rings (SSSR count). The van der Waals surface area contributed by atoms with E-state index in [1.165, 1.54) is 6.07 Å². The molecule has 0 radical (unpaired) electrons. The van der Waals surface area contributed by atoms with Gasteiger partial charge in [0, 0.05) is 18.5 Å². The molecule has 0 bridgehead atoms. The Balaban J connectivity index is 1.96. The Kier molecular flexibility index (Phi) is 4.40. The zero-order chi connectivity index (χ0) is 13.7. The third-order valence-corrected chi connectivity index (χ3v) is 3.09. The summed E-state index contributed by atoms with van der Waals surface area (Å²) in [7, 11) is 0. The summed E-state index contributed by atoms with van der Waals surface area (Å²) in [6.45, 7) is 3.11. The second kappa shape index (κ2) is 6.24. The van der Waals surface area contributed by atoms with E-state index in [9.17, 15) is 4.39 Å². The molecule has 0 heterocycles. The smallest absolute Gasteiger partial charge is 0.192 e. The van der Waals surface area contributed by atoms with Gasteiger partial charge in [-0.25, -0.2) is 9.38 Å². The first-order chi connectivity index (χ1) is 9.26. The van der Waals surface area contributed by atoms with Gasteiger partial charge in [-0.05, 0) is 25.0 Å². The monoisotopic (exact) mass is 259 g/mol. The van der Waals surface area contributed by atoms with E-state index in [1.807, 2.05) is 19.1 Å². The first-order valence-electron chi connectivity index (χ1n) is 6.49. The second-order valence-electron chi connectivity index (χ2n) is 4.51. The van der Waals surface area contributed by atoms with E-state index in [-0.39, 0.29) is 17.8 Å². The zero-order valence-corrected chi connectivity index (χ0v) is 11.0. The minimum absolute atomic E-state index is 0.137. The summed E-state index contributed by atoms with van der Waals surface area (Å²) in [5, 5.41) is 6.40. The SMILES string of the molecule is C#CCN=C(NCC)NC1CC1c1ccccc1F. The highest BCUT2D eigenvalue weighted by Crippen LogP contribution is 2.41. The van der Waals surface area contributed by atoms with Crippen LogP contribution < -0.4 is 10.6 Å². The highest BCUT2D eigenvalue weighted by atomic mass is 19.1. The van der Waals surface area contributed by atoms with Crippen molar-refractivity contribution < 1.29 is 4.39 Å². The van der Waals surface area contributed by atoms with Crippen LogP contribution in [-0.2, 0) is 0 Å². The molecular formula is C15H18FN3. The van der Waals surface area contributed by atoms with Crippen LogP contribution in [0.4, 0.5) is 4.39 Å². The molecule has 0 aromatic heterocycles. The van der Waals surface area contributed by atoms with Crippen molar-refractivity contribution in [1.82, 2.24) is 10.6 Å². The van der Waals surface area contributed by atoms with Crippen molar-refractivity contribution in [3.05, 3.63) is 35.6 Å². The number of rotatable bonds is 4. The van der Waals surface area contributed by atoms with E-state index in [2.05, 4.69) is 21.5 Å². The summed E-state index contributed by atoms with van der Waals surface area (Å²) in [4.78, 5) is 4.23. The predicted octanol–water partition coefficient (Wildman–Crippen LogP) is 1.87. The Bertz CT molecular complexity index is 504. The maximum atomic E-state index is 13.6. The van der Waals surface area contributed by atoms with Gasteiger partial charge in [0.1, 0.15) is 12.4 Å². The molecule has 1 aliphatic rings. The molecule has 2 unspecified atom stereocenters. The Morgan fingerprint density at radius 2 is 2.32 bits per heavy atom. The van der Waals surface area contributed by atoms with Gasteiger partial charge in [0.25, 0.3) is 0 Å². The molecule has 1 saturated carbocycles. The van der Waals surface area contributed by atoms with E-state index in [1.54, 1.807) is 6.07 Å². The Morgan fingerprint density at radius 3 is 3.00 bits per heavy atom. The van der Waals surface area contributed by atoms with E-state index >= 15 is 0 Å². The van der Waals surface area contributed by atoms with Gasteiger partial charge in [-0.15, -0.1) is 6.42 Å². The quantitative estimate of drug-likeness (QED) is 0.492. The van der Waals surface area contributed by atoms with Gasteiger partial charge in [-0.2, -0.15) is 0 Å². The highest BCUT2D eigenvalue weighted by molar-refractivity contribution is 5.80. The molecule has 0 spiro atoms. The van der Waals surface area contributed by atoms with Crippen LogP contribution in [0.5, 0.6) is 0 Å². The van der Waals surface area contributed by atoms with Crippen molar-refractivity contribution in [3.63, 3.8) is 0 Å². The number of nitrogens with zero attached hydrogens (tertiary/aromatic N) is 1. The van der Waals surface area contributed by atoms with Gasteiger partial charge in [-0.1, -0.05) is 24.1 Å². The lowest BCUT2D eigenvalue weighted by Crippen LogP contribution is -2.39. The van der Waals surface area contributed by atoms with Crippen molar-refractivity contribution in [2.45, 2.75) is 25.3 Å². The normalized spacial score (nSPS) is 21.6. The maximum Gasteiger partial charge on any atom is 0.192 e. The van der Waals surface area contributed by atoms with Crippen LogP contribution in [0.25, 0.3) is 0 Å². The average Bonchev–Trinajstić information content (AvgIpc) is 3.16. The van der Waals surface area contributed by atoms with Crippen LogP contribution in [0.2, 0.25) is 0 Å². The lowest BCUT2D eigenvalue weighted by molar-refractivity contribution is 0.608. The van der Waals surface area contributed by atoms with E-state index in [4.69, 9.17) is 6.42 Å². The Morgan fingerprint density at radius 1 is 1.53 bits per heavy atom. The molecule has 1 aromatic carbocycles. The summed E-state index contributed by atoms with van der Waals surface area (Å²) in [5.41, 5.74) is 0.771. The first-order valence-corrected chi connectivity index (χ1v) is 6.49. The Labute approximate surface area is 113 Å². The molecule has 1 fully saturated rings. The van der Waals surface area contributed by atoms with Crippen LogP contribution in [0.15, 0.2) is 29.3 Å². The van der Waals surface area contributed by atoms with Gasteiger partial charge in [0.15, 0.2) is 5.96 Å². The number of aliphatic imine (C=N–C) groups is 1. The minimum Gasteiger partial charge on any atom is -0.357 e. The minimum atomic E-state index is -0.137.